The van der Waals surface area contributed by atoms with E-state index in [1.165, 1.54) is 16.7 Å². The molecule has 1 atom stereocenters. The minimum atomic E-state index is -0.917. The molecule has 1 rings (SSSR count). The number of nitrogens with two attached hydrogens (primary N) is 1. The summed E-state index contributed by atoms with van der Waals surface area (Å²) in [7, 11) is 0. The molecule has 3 N–H and O–H groups in total. The first-order chi connectivity index (χ1) is 7.50. The van der Waals surface area contributed by atoms with Crippen molar-refractivity contribution in [1.82, 2.24) is 0 Å². The van der Waals surface area contributed by atoms with Crippen molar-refractivity contribution in [2.45, 2.75) is 39.2 Å². The van der Waals surface area contributed by atoms with E-state index in [9.17, 15) is 4.79 Å². The Labute approximate surface area is 96.3 Å². The van der Waals surface area contributed by atoms with Crippen LogP contribution in [0.4, 0.5) is 0 Å². The molecule has 0 heterocycles. The van der Waals surface area contributed by atoms with Gasteiger partial charge in [-0.25, -0.2) is 0 Å². The summed E-state index contributed by atoms with van der Waals surface area (Å²) in [5, 5.41) is 8.63. The van der Waals surface area contributed by atoms with E-state index in [4.69, 9.17) is 10.8 Å². The first kappa shape index (κ1) is 12.7. The topological polar surface area (TPSA) is 63.3 Å². The lowest BCUT2D eigenvalue weighted by Crippen LogP contribution is -2.29. The van der Waals surface area contributed by atoms with E-state index in [-0.39, 0.29) is 0 Å². The van der Waals surface area contributed by atoms with Crippen molar-refractivity contribution in [3.8, 4) is 0 Å². The molecule has 0 bridgehead atoms. The van der Waals surface area contributed by atoms with E-state index in [1.54, 1.807) is 0 Å². The highest BCUT2D eigenvalue weighted by atomic mass is 16.4. The Bertz CT molecular complexity index is 374. The van der Waals surface area contributed by atoms with Crippen LogP contribution in [-0.4, -0.2) is 17.1 Å². The van der Waals surface area contributed by atoms with Crippen molar-refractivity contribution in [1.29, 1.82) is 0 Å². The Morgan fingerprint density at radius 1 is 1.38 bits per heavy atom. The van der Waals surface area contributed by atoms with E-state index in [0.717, 1.165) is 12.8 Å². The quantitative estimate of drug-likeness (QED) is 0.799. The monoisotopic (exact) mass is 221 g/mol. The molecule has 0 saturated carbocycles. The average molecular weight is 221 g/mol. The molecule has 1 aromatic rings. The standard InChI is InChI=1S/C13H19NO2/c1-9-6-7-11(8-10(9)2)4-3-5-12(14)13(15)16/h6-8,12H,3-5,14H2,1-2H3,(H,15,16). The maximum Gasteiger partial charge on any atom is 0.320 e. The second kappa shape index (κ2) is 5.66. The molecule has 0 fully saturated rings. The maximum atomic E-state index is 10.5. The fraction of sp³-hybridized carbons (Fsp3) is 0.462. The largest absolute Gasteiger partial charge is 0.480 e. The summed E-state index contributed by atoms with van der Waals surface area (Å²) in [5.41, 5.74) is 9.25. The van der Waals surface area contributed by atoms with Crippen molar-refractivity contribution in [2.75, 3.05) is 0 Å². The first-order valence-corrected chi connectivity index (χ1v) is 5.55. The molecule has 0 aliphatic rings. The average Bonchev–Trinajstić information content (AvgIpc) is 2.23. The Kier molecular flexibility index (Phi) is 4.50. The van der Waals surface area contributed by atoms with E-state index in [1.807, 2.05) is 0 Å². The third kappa shape index (κ3) is 3.66. The SMILES string of the molecule is Cc1ccc(CCCC(N)C(=O)O)cc1C. The van der Waals surface area contributed by atoms with Crippen LogP contribution in [0.1, 0.15) is 29.5 Å². The van der Waals surface area contributed by atoms with Crippen LogP contribution in [0.5, 0.6) is 0 Å². The summed E-state index contributed by atoms with van der Waals surface area (Å²) >= 11 is 0. The van der Waals surface area contributed by atoms with Gasteiger partial charge in [0.05, 0.1) is 0 Å². The van der Waals surface area contributed by atoms with Crippen LogP contribution in [0.25, 0.3) is 0 Å². The Hall–Kier alpha value is -1.35. The van der Waals surface area contributed by atoms with Crippen LogP contribution in [-0.2, 0) is 11.2 Å². The Morgan fingerprint density at radius 2 is 2.06 bits per heavy atom. The highest BCUT2D eigenvalue weighted by Crippen LogP contribution is 2.12. The number of carboxylic acids is 1. The van der Waals surface area contributed by atoms with Gasteiger partial charge in [-0.2, -0.15) is 0 Å². The van der Waals surface area contributed by atoms with E-state index >= 15 is 0 Å². The van der Waals surface area contributed by atoms with Crippen molar-refractivity contribution < 1.29 is 9.90 Å². The smallest absolute Gasteiger partial charge is 0.320 e. The van der Waals surface area contributed by atoms with Gasteiger partial charge in [-0.3, -0.25) is 4.79 Å². The minimum absolute atomic E-state index is 0.530. The van der Waals surface area contributed by atoms with Crippen LogP contribution in [0.2, 0.25) is 0 Å². The molecule has 0 aromatic heterocycles. The fourth-order valence-electron chi connectivity index (χ4n) is 1.61. The van der Waals surface area contributed by atoms with Gasteiger partial charge in [0.2, 0.25) is 0 Å². The molecule has 3 heteroatoms. The third-order valence-corrected chi connectivity index (χ3v) is 2.87. The van der Waals surface area contributed by atoms with Crippen molar-refractivity contribution >= 4 is 5.97 Å². The lowest BCUT2D eigenvalue weighted by Gasteiger charge is -2.07. The van der Waals surface area contributed by atoms with Gasteiger partial charge in [0.25, 0.3) is 0 Å². The van der Waals surface area contributed by atoms with Gasteiger partial charge >= 0.3 is 5.97 Å². The van der Waals surface area contributed by atoms with Crippen molar-refractivity contribution in [3.63, 3.8) is 0 Å². The molecule has 0 aliphatic carbocycles. The van der Waals surface area contributed by atoms with E-state index < -0.39 is 12.0 Å². The second-order valence-electron chi connectivity index (χ2n) is 4.26. The number of carbonyl (C=O) groups is 1. The molecule has 0 aliphatic heterocycles. The Morgan fingerprint density at radius 3 is 2.62 bits per heavy atom. The zero-order valence-corrected chi connectivity index (χ0v) is 9.86. The highest BCUT2D eigenvalue weighted by Gasteiger charge is 2.10. The number of hydrogen-bond donors (Lipinski definition) is 2. The number of aliphatic carboxylic acids is 1. The normalized spacial score (nSPS) is 12.4. The molecule has 0 amide bonds. The van der Waals surface area contributed by atoms with Gasteiger partial charge in [0.15, 0.2) is 0 Å². The van der Waals surface area contributed by atoms with Gasteiger partial charge in [-0.1, -0.05) is 18.2 Å². The third-order valence-electron chi connectivity index (χ3n) is 2.87. The number of rotatable bonds is 5. The molecule has 3 nitrogen and oxygen atoms in total. The van der Waals surface area contributed by atoms with Gasteiger partial charge in [0, 0.05) is 0 Å². The molecule has 88 valence electrons. The van der Waals surface area contributed by atoms with E-state index in [0.29, 0.717) is 6.42 Å². The first-order valence-electron chi connectivity index (χ1n) is 5.55. The van der Waals surface area contributed by atoms with Crippen LogP contribution in [0, 0.1) is 13.8 Å². The summed E-state index contributed by atoms with van der Waals surface area (Å²) in [5.74, 6) is -0.917. The molecule has 0 radical (unpaired) electrons. The lowest BCUT2D eigenvalue weighted by molar-refractivity contribution is -0.138. The fourth-order valence-corrected chi connectivity index (χ4v) is 1.61. The van der Waals surface area contributed by atoms with Crippen LogP contribution in [0.3, 0.4) is 0 Å². The van der Waals surface area contributed by atoms with Gasteiger partial charge in [-0.15, -0.1) is 0 Å². The second-order valence-corrected chi connectivity index (χ2v) is 4.26. The summed E-state index contributed by atoms with van der Waals surface area (Å²) in [4.78, 5) is 10.5. The van der Waals surface area contributed by atoms with Gasteiger partial charge in [0.1, 0.15) is 6.04 Å². The molecule has 1 aromatic carbocycles. The molecule has 1 unspecified atom stereocenters. The predicted octanol–water partition coefficient (Wildman–Crippen LogP) is 2.04. The number of hydrogen-bond acceptors (Lipinski definition) is 2. The molecule has 0 spiro atoms. The Balaban J connectivity index is 2.43. The molecule has 0 saturated heterocycles. The van der Waals surface area contributed by atoms with Crippen LogP contribution < -0.4 is 5.73 Å². The zero-order chi connectivity index (χ0) is 12.1. The van der Waals surface area contributed by atoms with Crippen LogP contribution >= 0.6 is 0 Å². The number of aryl methyl sites for hydroxylation is 3. The number of carboxylic acid groups (broad SMARTS) is 1. The summed E-state index contributed by atoms with van der Waals surface area (Å²) in [6.07, 6.45) is 2.24. The minimum Gasteiger partial charge on any atom is -0.480 e. The summed E-state index contributed by atoms with van der Waals surface area (Å²) in [6.45, 7) is 4.17. The number of benzene rings is 1. The predicted molar refractivity (Wildman–Crippen MR) is 64.5 cm³/mol. The van der Waals surface area contributed by atoms with E-state index in [2.05, 4.69) is 32.0 Å². The highest BCUT2D eigenvalue weighted by molar-refractivity contribution is 5.72. The summed E-state index contributed by atoms with van der Waals surface area (Å²) in [6, 6.07) is 5.62. The van der Waals surface area contributed by atoms with Gasteiger partial charge < -0.3 is 10.8 Å². The van der Waals surface area contributed by atoms with Gasteiger partial charge in [-0.05, 0) is 49.8 Å². The maximum absolute atomic E-state index is 10.5. The van der Waals surface area contributed by atoms with Crippen LogP contribution in [0.15, 0.2) is 18.2 Å². The lowest BCUT2D eigenvalue weighted by atomic mass is 10.0. The van der Waals surface area contributed by atoms with Crippen molar-refractivity contribution in [3.05, 3.63) is 34.9 Å². The molecular weight excluding hydrogens is 202 g/mol. The zero-order valence-electron chi connectivity index (χ0n) is 9.86. The molecular formula is C13H19NO2. The molecule has 16 heavy (non-hydrogen) atoms. The summed E-state index contributed by atoms with van der Waals surface area (Å²) < 4.78 is 0. The van der Waals surface area contributed by atoms with Crippen molar-refractivity contribution in [2.24, 2.45) is 5.73 Å².